The molecule has 0 atom stereocenters. The molecule has 1 aliphatic rings. The number of fused-ring (bicyclic) bond motifs is 1. The van der Waals surface area contributed by atoms with Gasteiger partial charge in [0, 0.05) is 13.0 Å². The van der Waals surface area contributed by atoms with Gasteiger partial charge in [0.1, 0.15) is 5.82 Å². The van der Waals surface area contributed by atoms with Crippen molar-refractivity contribution < 1.29 is 9.18 Å². The average Bonchev–Trinajstić information content (AvgIpc) is 2.83. The van der Waals surface area contributed by atoms with Crippen molar-refractivity contribution in [3.05, 3.63) is 59.2 Å². The second-order valence-electron chi connectivity index (χ2n) is 4.51. The van der Waals surface area contributed by atoms with Crippen molar-refractivity contribution >= 4 is 5.78 Å². The molecule has 1 aliphatic heterocycles. The number of nitrogens with zero attached hydrogens (tertiary/aromatic N) is 1. The zero-order valence-corrected chi connectivity index (χ0v) is 10.3. The van der Waals surface area contributed by atoms with Crippen LogP contribution < -0.4 is 0 Å². The van der Waals surface area contributed by atoms with E-state index in [1.54, 1.807) is 24.3 Å². The molecule has 0 aliphatic carbocycles. The maximum atomic E-state index is 13.5. The van der Waals surface area contributed by atoms with E-state index in [1.165, 1.54) is 6.07 Å². The van der Waals surface area contributed by atoms with Crippen LogP contribution >= 0.6 is 0 Å². The fourth-order valence-corrected chi connectivity index (χ4v) is 2.28. The molecule has 1 aromatic carbocycles. The lowest BCUT2D eigenvalue weighted by Gasteiger charge is -2.14. The fourth-order valence-electron chi connectivity index (χ4n) is 2.28. The van der Waals surface area contributed by atoms with Gasteiger partial charge in [0.15, 0.2) is 5.78 Å². The quantitative estimate of drug-likeness (QED) is 0.661. The Hall–Kier alpha value is -2.34. The first-order valence-electron chi connectivity index (χ1n) is 6.25. The zero-order valence-electron chi connectivity index (χ0n) is 10.3. The number of carbonyl (C=O) groups excluding carboxylic acids is 1. The van der Waals surface area contributed by atoms with Gasteiger partial charge in [-0.3, -0.25) is 4.79 Å². The molecule has 0 N–H and O–H groups in total. The third kappa shape index (κ3) is 2.17. The monoisotopic (exact) mass is 253 g/mol. The molecule has 0 amide bonds. The van der Waals surface area contributed by atoms with Gasteiger partial charge >= 0.3 is 0 Å². The van der Waals surface area contributed by atoms with Crippen molar-refractivity contribution in [2.45, 2.75) is 19.4 Å². The summed E-state index contributed by atoms with van der Waals surface area (Å²) in [5.41, 5.74) is 1.86. The van der Waals surface area contributed by atoms with Gasteiger partial charge in [-0.25, -0.2) is 4.39 Å². The fraction of sp³-hybridized carbons (Fsp3) is 0.188. The third-order valence-corrected chi connectivity index (χ3v) is 3.25. The number of benzene rings is 1. The molecule has 0 radical (unpaired) electrons. The predicted molar refractivity (Wildman–Crippen MR) is 70.4 cm³/mol. The Bertz CT molecular complexity index is 703. The van der Waals surface area contributed by atoms with Gasteiger partial charge in [-0.2, -0.15) is 0 Å². The normalized spacial score (nSPS) is 13.6. The molecule has 3 heteroatoms. The summed E-state index contributed by atoms with van der Waals surface area (Å²) in [4.78, 5) is 11.7. The predicted octanol–water partition coefficient (Wildman–Crippen LogP) is 3.00. The molecule has 19 heavy (non-hydrogen) atoms. The van der Waals surface area contributed by atoms with Crippen molar-refractivity contribution in [2.24, 2.45) is 0 Å². The van der Waals surface area contributed by atoms with Crippen molar-refractivity contribution in [2.75, 3.05) is 0 Å². The van der Waals surface area contributed by atoms with Crippen LogP contribution in [0.3, 0.4) is 0 Å². The first-order chi connectivity index (χ1) is 9.25. The van der Waals surface area contributed by atoms with E-state index in [9.17, 15) is 9.18 Å². The molecule has 0 unspecified atom stereocenters. The first kappa shape index (κ1) is 11.7. The topological polar surface area (TPSA) is 22.0 Å². The molecular formula is C16H12FNO. The number of Topliss-reactive ketones (excluding diaryl/α,β-unsaturated/α-hetero) is 1. The third-order valence-electron chi connectivity index (χ3n) is 3.25. The minimum atomic E-state index is -0.323. The summed E-state index contributed by atoms with van der Waals surface area (Å²) in [5, 5.41) is 0. The second-order valence-corrected chi connectivity index (χ2v) is 4.51. The number of hydrogen-bond donors (Lipinski definition) is 0. The second kappa shape index (κ2) is 4.74. The van der Waals surface area contributed by atoms with Crippen LogP contribution in [0.15, 0.2) is 36.4 Å². The van der Waals surface area contributed by atoms with Crippen molar-refractivity contribution in [3.63, 3.8) is 0 Å². The molecule has 3 rings (SSSR count). The summed E-state index contributed by atoms with van der Waals surface area (Å²) in [6, 6.07) is 10.1. The molecule has 1 aromatic heterocycles. The summed E-state index contributed by atoms with van der Waals surface area (Å²) < 4.78 is 15.4. The molecule has 0 saturated heterocycles. The van der Waals surface area contributed by atoms with Crippen LogP contribution in [-0.4, -0.2) is 10.4 Å². The van der Waals surface area contributed by atoms with Gasteiger partial charge in [0.25, 0.3) is 0 Å². The summed E-state index contributed by atoms with van der Waals surface area (Å²) in [5.74, 6) is 5.61. The van der Waals surface area contributed by atoms with Crippen LogP contribution in [0.2, 0.25) is 0 Å². The number of carbonyl (C=O) groups is 1. The van der Waals surface area contributed by atoms with Crippen LogP contribution in [0.25, 0.3) is 0 Å². The Morgan fingerprint density at radius 3 is 2.79 bits per heavy atom. The molecule has 2 aromatic rings. The van der Waals surface area contributed by atoms with E-state index >= 15 is 0 Å². The molecule has 0 spiro atoms. The van der Waals surface area contributed by atoms with Gasteiger partial charge in [-0.1, -0.05) is 18.1 Å². The molecule has 2 nitrogen and oxygen atoms in total. The smallest absolute Gasteiger partial charge is 0.179 e. The van der Waals surface area contributed by atoms with E-state index in [2.05, 4.69) is 11.8 Å². The Kier molecular flexibility index (Phi) is 2.92. The highest BCUT2D eigenvalue weighted by atomic mass is 19.1. The van der Waals surface area contributed by atoms with Gasteiger partial charge in [-0.15, -0.1) is 0 Å². The van der Waals surface area contributed by atoms with Crippen LogP contribution in [0, 0.1) is 17.7 Å². The van der Waals surface area contributed by atoms with E-state index in [-0.39, 0.29) is 11.6 Å². The summed E-state index contributed by atoms with van der Waals surface area (Å²) in [6.45, 7) is 0.801. The van der Waals surface area contributed by atoms with Crippen LogP contribution in [-0.2, 0) is 6.54 Å². The van der Waals surface area contributed by atoms with Crippen molar-refractivity contribution in [1.82, 2.24) is 4.57 Å². The Labute approximate surface area is 110 Å². The average molecular weight is 253 g/mol. The van der Waals surface area contributed by atoms with Crippen molar-refractivity contribution in [1.29, 1.82) is 0 Å². The molecule has 0 saturated carbocycles. The highest BCUT2D eigenvalue weighted by Gasteiger charge is 2.18. The minimum Gasteiger partial charge on any atom is -0.332 e. The largest absolute Gasteiger partial charge is 0.332 e. The van der Waals surface area contributed by atoms with E-state index in [0.717, 1.165) is 18.7 Å². The lowest BCUT2D eigenvalue weighted by molar-refractivity contribution is 0.0955. The lowest BCUT2D eigenvalue weighted by atomic mass is 10.1. The van der Waals surface area contributed by atoms with Gasteiger partial charge in [0.2, 0.25) is 0 Å². The lowest BCUT2D eigenvalue weighted by Crippen LogP contribution is -2.17. The highest BCUT2D eigenvalue weighted by Crippen LogP contribution is 2.18. The molecular weight excluding hydrogens is 241 g/mol. The summed E-state index contributed by atoms with van der Waals surface area (Å²) in [6.07, 6.45) is 1.44. The van der Waals surface area contributed by atoms with Crippen LogP contribution in [0.5, 0.6) is 0 Å². The number of hydrogen-bond acceptors (Lipinski definition) is 1. The number of halogens is 1. The zero-order chi connectivity index (χ0) is 13.2. The molecule has 0 fully saturated rings. The van der Waals surface area contributed by atoms with Gasteiger partial charge < -0.3 is 4.57 Å². The van der Waals surface area contributed by atoms with Gasteiger partial charge in [0.05, 0.1) is 17.0 Å². The Balaban J connectivity index is 1.98. The minimum absolute atomic E-state index is 0.158. The number of aromatic nitrogens is 1. The summed E-state index contributed by atoms with van der Waals surface area (Å²) >= 11 is 0. The highest BCUT2D eigenvalue weighted by molar-refractivity contribution is 5.95. The van der Waals surface area contributed by atoms with E-state index in [0.29, 0.717) is 17.7 Å². The first-order valence-corrected chi connectivity index (χ1v) is 6.25. The maximum Gasteiger partial charge on any atom is 0.179 e. The maximum absolute atomic E-state index is 13.5. The Morgan fingerprint density at radius 1 is 1.11 bits per heavy atom. The molecule has 0 bridgehead atoms. The van der Waals surface area contributed by atoms with Crippen LogP contribution in [0.1, 0.15) is 34.6 Å². The van der Waals surface area contributed by atoms with Crippen molar-refractivity contribution in [3.8, 4) is 11.8 Å². The van der Waals surface area contributed by atoms with E-state index in [1.807, 2.05) is 10.6 Å². The van der Waals surface area contributed by atoms with Gasteiger partial charge in [-0.05, 0) is 36.6 Å². The number of ketones is 1. The standard InChI is InChI=1S/C16H12FNO/c17-14-5-2-1-4-12(14)7-8-13-9-10-15-16(19)6-3-11-18(13)15/h1-2,4-5,9-10H,3,6,11H2. The molecule has 2 heterocycles. The SMILES string of the molecule is O=C1CCCn2c(C#Cc3ccccc3F)ccc21. The Morgan fingerprint density at radius 2 is 1.95 bits per heavy atom. The van der Waals surface area contributed by atoms with E-state index in [4.69, 9.17) is 0 Å². The molecule has 94 valence electrons. The van der Waals surface area contributed by atoms with E-state index < -0.39 is 0 Å². The van der Waals surface area contributed by atoms with Crippen LogP contribution in [0.4, 0.5) is 4.39 Å². The summed E-state index contributed by atoms with van der Waals surface area (Å²) in [7, 11) is 0. The number of rotatable bonds is 0.